The highest BCUT2D eigenvalue weighted by molar-refractivity contribution is 5.91. The van der Waals surface area contributed by atoms with Gasteiger partial charge in [-0.15, -0.1) is 5.10 Å². The van der Waals surface area contributed by atoms with Gasteiger partial charge in [-0.25, -0.2) is 9.20 Å². The van der Waals surface area contributed by atoms with Crippen molar-refractivity contribution in [1.29, 1.82) is 0 Å². The third-order valence-corrected chi connectivity index (χ3v) is 6.05. The monoisotopic (exact) mass is 468 g/mol. The first kappa shape index (κ1) is 22.5. The molecule has 1 aromatic carbocycles. The summed E-state index contributed by atoms with van der Waals surface area (Å²) in [5.74, 6) is -0.242. The van der Waals surface area contributed by atoms with E-state index in [0.717, 1.165) is 38.9 Å². The Kier molecular flexibility index (Phi) is 5.47. The lowest BCUT2D eigenvalue weighted by molar-refractivity contribution is 0.0945. The summed E-state index contributed by atoms with van der Waals surface area (Å²) in [5.41, 5.74) is 7.48. The van der Waals surface area contributed by atoms with Gasteiger partial charge in [0.2, 0.25) is 0 Å². The van der Waals surface area contributed by atoms with E-state index in [2.05, 4.69) is 57.0 Å². The molecule has 4 aromatic heterocycles. The highest BCUT2D eigenvalue weighted by atomic mass is 16.2. The molecule has 35 heavy (non-hydrogen) atoms. The standard InChI is InChI=1S/C26H28N8O/c1-17-10-18(6-7-19(17)12-27-25(35)23-16-34(31-30-23)26(2,3)4)22-11-20(21-13-29-32(5)14-21)15-33-24(22)8-9-28-33/h6-11,13-16H,12H2,1-5H3,(H,27,35). The fourth-order valence-corrected chi connectivity index (χ4v) is 4.01. The van der Waals surface area contributed by atoms with E-state index in [1.165, 1.54) is 0 Å². The Bertz CT molecular complexity index is 1530. The molecule has 0 aliphatic heterocycles. The summed E-state index contributed by atoms with van der Waals surface area (Å²) in [6.45, 7) is 8.50. The molecule has 5 rings (SSSR count). The summed E-state index contributed by atoms with van der Waals surface area (Å²) >= 11 is 0. The van der Waals surface area contributed by atoms with Crippen LogP contribution < -0.4 is 5.32 Å². The Balaban J connectivity index is 1.39. The van der Waals surface area contributed by atoms with E-state index >= 15 is 0 Å². The molecule has 1 amide bonds. The van der Waals surface area contributed by atoms with Gasteiger partial charge in [-0.3, -0.25) is 9.48 Å². The predicted octanol–water partition coefficient (Wildman–Crippen LogP) is 3.99. The van der Waals surface area contributed by atoms with Crippen LogP contribution in [0.3, 0.4) is 0 Å². The summed E-state index contributed by atoms with van der Waals surface area (Å²) in [7, 11) is 1.91. The number of nitrogens with zero attached hydrogens (tertiary/aromatic N) is 7. The van der Waals surface area contributed by atoms with E-state index in [1.807, 2.05) is 57.0 Å². The molecule has 178 valence electrons. The number of nitrogens with one attached hydrogen (secondary N) is 1. The van der Waals surface area contributed by atoms with Crippen LogP contribution in [0.25, 0.3) is 27.8 Å². The molecule has 0 spiro atoms. The minimum absolute atomic E-state index is 0.229. The number of hydrogen-bond acceptors (Lipinski definition) is 5. The average molecular weight is 469 g/mol. The van der Waals surface area contributed by atoms with Gasteiger partial charge in [0, 0.05) is 48.9 Å². The first-order chi connectivity index (χ1) is 16.7. The highest BCUT2D eigenvalue weighted by Crippen LogP contribution is 2.31. The fourth-order valence-electron chi connectivity index (χ4n) is 4.01. The summed E-state index contributed by atoms with van der Waals surface area (Å²) in [4.78, 5) is 12.6. The molecule has 9 nitrogen and oxygen atoms in total. The number of aryl methyl sites for hydroxylation is 2. The molecule has 4 heterocycles. The number of fused-ring (bicyclic) bond motifs is 1. The highest BCUT2D eigenvalue weighted by Gasteiger charge is 2.18. The van der Waals surface area contributed by atoms with Gasteiger partial charge in [0.15, 0.2) is 5.69 Å². The molecule has 0 atom stereocenters. The van der Waals surface area contributed by atoms with Crippen LogP contribution in [-0.2, 0) is 19.1 Å². The normalized spacial score (nSPS) is 11.8. The lowest BCUT2D eigenvalue weighted by Crippen LogP contribution is -2.24. The molecular formula is C26H28N8O. The molecular weight excluding hydrogens is 440 g/mol. The maximum absolute atomic E-state index is 12.6. The molecule has 0 unspecified atom stereocenters. The topological polar surface area (TPSA) is 94.9 Å². The van der Waals surface area contributed by atoms with Gasteiger partial charge in [0.05, 0.1) is 23.4 Å². The van der Waals surface area contributed by atoms with Crippen molar-refractivity contribution in [2.45, 2.75) is 39.8 Å². The minimum Gasteiger partial charge on any atom is -0.347 e. The van der Waals surface area contributed by atoms with Crippen molar-refractivity contribution >= 4 is 11.4 Å². The third kappa shape index (κ3) is 4.44. The molecule has 0 saturated carbocycles. The van der Waals surface area contributed by atoms with Crippen molar-refractivity contribution in [3.8, 4) is 22.3 Å². The van der Waals surface area contributed by atoms with E-state index in [-0.39, 0.29) is 11.4 Å². The Hall–Kier alpha value is -4.27. The number of amides is 1. The zero-order chi connectivity index (χ0) is 24.7. The zero-order valence-corrected chi connectivity index (χ0v) is 20.5. The van der Waals surface area contributed by atoms with Crippen LogP contribution in [-0.4, -0.2) is 40.3 Å². The van der Waals surface area contributed by atoms with Gasteiger partial charge in [-0.1, -0.05) is 23.4 Å². The zero-order valence-electron chi connectivity index (χ0n) is 20.5. The van der Waals surface area contributed by atoms with Crippen LogP contribution in [0.5, 0.6) is 0 Å². The molecule has 0 fully saturated rings. The van der Waals surface area contributed by atoms with E-state index in [9.17, 15) is 4.79 Å². The van der Waals surface area contributed by atoms with Gasteiger partial charge < -0.3 is 5.32 Å². The Morgan fingerprint density at radius 3 is 2.51 bits per heavy atom. The van der Waals surface area contributed by atoms with Crippen LogP contribution in [0.4, 0.5) is 0 Å². The van der Waals surface area contributed by atoms with Crippen molar-refractivity contribution in [2.75, 3.05) is 0 Å². The van der Waals surface area contributed by atoms with Crippen LogP contribution in [0, 0.1) is 6.92 Å². The van der Waals surface area contributed by atoms with Crippen molar-refractivity contribution in [3.05, 3.63) is 78.1 Å². The van der Waals surface area contributed by atoms with E-state index in [4.69, 9.17) is 0 Å². The van der Waals surface area contributed by atoms with Crippen LogP contribution in [0.1, 0.15) is 42.4 Å². The molecule has 0 aliphatic rings. The number of aromatic nitrogens is 7. The summed E-state index contributed by atoms with van der Waals surface area (Å²) in [5, 5.41) is 19.8. The van der Waals surface area contributed by atoms with Crippen molar-refractivity contribution in [3.63, 3.8) is 0 Å². The Morgan fingerprint density at radius 1 is 1.00 bits per heavy atom. The number of pyridine rings is 1. The maximum atomic E-state index is 12.6. The van der Waals surface area contributed by atoms with Gasteiger partial charge >= 0.3 is 0 Å². The van der Waals surface area contributed by atoms with Crippen LogP contribution >= 0.6 is 0 Å². The fraction of sp³-hybridized carbons (Fsp3) is 0.269. The lowest BCUT2D eigenvalue weighted by Gasteiger charge is -2.17. The molecule has 0 radical (unpaired) electrons. The second-order valence-corrected chi connectivity index (χ2v) is 9.75. The predicted molar refractivity (Wildman–Crippen MR) is 134 cm³/mol. The molecule has 0 bridgehead atoms. The molecule has 5 aromatic rings. The van der Waals surface area contributed by atoms with Gasteiger partial charge in [0.25, 0.3) is 5.91 Å². The average Bonchev–Trinajstić information content (AvgIpc) is 3.57. The molecule has 1 N–H and O–H groups in total. The quantitative estimate of drug-likeness (QED) is 0.421. The number of carbonyl (C=O) groups is 1. The number of hydrogen-bond donors (Lipinski definition) is 1. The van der Waals surface area contributed by atoms with Gasteiger partial charge in [-0.2, -0.15) is 10.2 Å². The summed E-state index contributed by atoms with van der Waals surface area (Å²) in [6, 6.07) is 10.5. The molecule has 0 aliphatic carbocycles. The Morgan fingerprint density at radius 2 is 1.83 bits per heavy atom. The minimum atomic E-state index is -0.242. The second-order valence-electron chi connectivity index (χ2n) is 9.75. The van der Waals surface area contributed by atoms with Gasteiger partial charge in [-0.05, 0) is 56.5 Å². The van der Waals surface area contributed by atoms with Gasteiger partial charge in [0.1, 0.15) is 0 Å². The summed E-state index contributed by atoms with van der Waals surface area (Å²) < 4.78 is 5.38. The smallest absolute Gasteiger partial charge is 0.273 e. The van der Waals surface area contributed by atoms with Crippen molar-refractivity contribution in [1.82, 2.24) is 39.7 Å². The SMILES string of the molecule is Cc1cc(-c2cc(-c3cnn(C)c3)cn3nccc23)ccc1CNC(=O)c1cn(C(C)(C)C)nn1. The van der Waals surface area contributed by atoms with Crippen molar-refractivity contribution in [2.24, 2.45) is 7.05 Å². The number of carbonyl (C=O) groups excluding carboxylic acids is 1. The van der Waals surface area contributed by atoms with E-state index in [0.29, 0.717) is 12.2 Å². The second kappa shape index (κ2) is 8.50. The molecule has 0 saturated heterocycles. The first-order valence-electron chi connectivity index (χ1n) is 11.5. The van der Waals surface area contributed by atoms with E-state index in [1.54, 1.807) is 21.8 Å². The van der Waals surface area contributed by atoms with Crippen molar-refractivity contribution < 1.29 is 4.79 Å². The third-order valence-electron chi connectivity index (χ3n) is 6.05. The molecule has 9 heteroatoms. The number of benzene rings is 1. The van der Waals surface area contributed by atoms with E-state index < -0.39 is 0 Å². The summed E-state index contributed by atoms with van der Waals surface area (Å²) in [6.07, 6.45) is 9.34. The number of rotatable bonds is 5. The maximum Gasteiger partial charge on any atom is 0.273 e. The van der Waals surface area contributed by atoms with Crippen LogP contribution in [0.15, 0.2) is 61.3 Å². The first-order valence-corrected chi connectivity index (χ1v) is 11.5. The largest absolute Gasteiger partial charge is 0.347 e. The lowest BCUT2D eigenvalue weighted by atomic mass is 9.97. The van der Waals surface area contributed by atoms with Crippen LogP contribution in [0.2, 0.25) is 0 Å². The Labute approximate surface area is 203 Å².